The van der Waals surface area contributed by atoms with E-state index in [0.29, 0.717) is 31.6 Å². The number of carboxylic acid groups (broad SMARTS) is 1. The number of rotatable bonds is 3. The van der Waals surface area contributed by atoms with Crippen LogP contribution in [0.2, 0.25) is 0 Å². The second kappa shape index (κ2) is 5.59. The summed E-state index contributed by atoms with van der Waals surface area (Å²) in [5.41, 5.74) is 2.58. The summed E-state index contributed by atoms with van der Waals surface area (Å²) in [7, 11) is 0. The fraction of sp³-hybridized carbons (Fsp3) is 0.333. The van der Waals surface area contributed by atoms with Crippen molar-refractivity contribution in [2.45, 2.75) is 26.4 Å². The van der Waals surface area contributed by atoms with Gasteiger partial charge < -0.3 is 10.0 Å². The Labute approximate surface area is 127 Å². The maximum absolute atomic E-state index is 11.5. The number of amides is 1. The van der Waals surface area contributed by atoms with Gasteiger partial charge in [0, 0.05) is 50.1 Å². The van der Waals surface area contributed by atoms with E-state index < -0.39 is 5.97 Å². The highest BCUT2D eigenvalue weighted by Gasteiger charge is 2.28. The van der Waals surface area contributed by atoms with Gasteiger partial charge in [0.25, 0.3) is 0 Å². The van der Waals surface area contributed by atoms with E-state index >= 15 is 0 Å². The Morgan fingerprint density at radius 1 is 1.32 bits per heavy atom. The third kappa shape index (κ3) is 2.57. The monoisotopic (exact) mass is 300 g/mol. The molecule has 2 aromatic rings. The van der Waals surface area contributed by atoms with Crippen LogP contribution in [-0.2, 0) is 24.3 Å². The van der Waals surface area contributed by atoms with Gasteiger partial charge in [0.15, 0.2) is 5.69 Å². The number of aromatic nitrogens is 3. The van der Waals surface area contributed by atoms with Gasteiger partial charge in [0.1, 0.15) is 0 Å². The van der Waals surface area contributed by atoms with Crippen molar-refractivity contribution in [3.8, 4) is 0 Å². The summed E-state index contributed by atoms with van der Waals surface area (Å²) < 4.78 is 1.73. The van der Waals surface area contributed by atoms with Crippen molar-refractivity contribution in [2.75, 3.05) is 6.54 Å². The van der Waals surface area contributed by atoms with E-state index in [2.05, 4.69) is 10.1 Å². The first-order valence-electron chi connectivity index (χ1n) is 7.02. The molecule has 1 aliphatic rings. The van der Waals surface area contributed by atoms with Gasteiger partial charge in [-0.2, -0.15) is 5.10 Å². The van der Waals surface area contributed by atoms with Crippen LogP contribution in [0.1, 0.15) is 34.2 Å². The molecular formula is C15H16N4O3. The van der Waals surface area contributed by atoms with Crippen LogP contribution in [0, 0.1) is 0 Å². The number of aromatic carboxylic acids is 1. The molecule has 1 N–H and O–H groups in total. The first kappa shape index (κ1) is 14.2. The lowest BCUT2D eigenvalue weighted by molar-refractivity contribution is -0.129. The van der Waals surface area contributed by atoms with Crippen molar-refractivity contribution in [3.05, 3.63) is 47.0 Å². The lowest BCUT2D eigenvalue weighted by Gasteiger charge is -2.26. The molecule has 0 unspecified atom stereocenters. The van der Waals surface area contributed by atoms with Crippen LogP contribution in [0.4, 0.5) is 0 Å². The molecule has 1 aliphatic heterocycles. The van der Waals surface area contributed by atoms with Crippen molar-refractivity contribution >= 4 is 11.9 Å². The number of carbonyl (C=O) groups is 2. The zero-order valence-electron chi connectivity index (χ0n) is 12.2. The molecule has 1 amide bonds. The van der Waals surface area contributed by atoms with Crippen LogP contribution in [0.25, 0.3) is 0 Å². The van der Waals surface area contributed by atoms with Crippen LogP contribution >= 0.6 is 0 Å². The normalized spacial score (nSPS) is 13.8. The summed E-state index contributed by atoms with van der Waals surface area (Å²) in [5.74, 6) is -1.11. The molecular weight excluding hydrogens is 284 g/mol. The lowest BCUT2D eigenvalue weighted by Crippen LogP contribution is -2.35. The molecule has 7 heteroatoms. The summed E-state index contributed by atoms with van der Waals surface area (Å²) in [5, 5.41) is 13.6. The van der Waals surface area contributed by atoms with Gasteiger partial charge in [0.05, 0.1) is 6.54 Å². The highest BCUT2D eigenvalue weighted by Crippen LogP contribution is 2.23. The Kier molecular flexibility index (Phi) is 3.62. The molecule has 22 heavy (non-hydrogen) atoms. The molecule has 0 saturated carbocycles. The standard InChI is InChI=1S/C15H16N4O3/c1-10(20)18-7-4-13-12(9-18)14(15(21)22)17-19(13)8-11-2-5-16-6-3-11/h2-3,5-6H,4,7-9H2,1H3,(H,21,22). The molecule has 0 aliphatic carbocycles. The van der Waals surface area contributed by atoms with Crippen molar-refractivity contribution in [1.82, 2.24) is 19.7 Å². The molecule has 0 spiro atoms. The zero-order valence-corrected chi connectivity index (χ0v) is 12.2. The van der Waals surface area contributed by atoms with Gasteiger partial charge in [-0.05, 0) is 17.7 Å². The first-order chi connectivity index (χ1) is 10.6. The quantitative estimate of drug-likeness (QED) is 0.911. The average Bonchev–Trinajstić information content (AvgIpc) is 2.86. The van der Waals surface area contributed by atoms with E-state index in [4.69, 9.17) is 0 Å². The van der Waals surface area contributed by atoms with Crippen LogP contribution in [0.5, 0.6) is 0 Å². The van der Waals surface area contributed by atoms with Gasteiger partial charge >= 0.3 is 5.97 Å². The minimum Gasteiger partial charge on any atom is -0.476 e. The Morgan fingerprint density at radius 2 is 2.05 bits per heavy atom. The Morgan fingerprint density at radius 3 is 2.68 bits per heavy atom. The molecule has 2 aromatic heterocycles. The summed E-state index contributed by atoms with van der Waals surface area (Å²) in [6.07, 6.45) is 4.00. The predicted octanol–water partition coefficient (Wildman–Crippen LogP) is 0.929. The fourth-order valence-corrected chi connectivity index (χ4v) is 2.72. The Bertz CT molecular complexity index is 724. The summed E-state index contributed by atoms with van der Waals surface area (Å²) in [6.45, 7) is 2.89. The van der Waals surface area contributed by atoms with E-state index in [1.807, 2.05) is 12.1 Å². The van der Waals surface area contributed by atoms with Gasteiger partial charge in [0.2, 0.25) is 5.91 Å². The third-order valence-electron chi connectivity index (χ3n) is 3.86. The van der Waals surface area contributed by atoms with Crippen LogP contribution < -0.4 is 0 Å². The van der Waals surface area contributed by atoms with Crippen LogP contribution in [-0.4, -0.2) is 43.2 Å². The second-order valence-corrected chi connectivity index (χ2v) is 5.28. The minimum atomic E-state index is -1.06. The van der Waals surface area contributed by atoms with E-state index in [9.17, 15) is 14.7 Å². The van der Waals surface area contributed by atoms with Gasteiger partial charge in [-0.25, -0.2) is 4.79 Å². The number of carboxylic acids is 1. The zero-order chi connectivity index (χ0) is 15.7. The molecule has 0 radical (unpaired) electrons. The number of pyridine rings is 1. The molecule has 7 nitrogen and oxygen atoms in total. The molecule has 0 fully saturated rings. The smallest absolute Gasteiger partial charge is 0.356 e. The lowest BCUT2D eigenvalue weighted by atomic mass is 10.0. The van der Waals surface area contributed by atoms with Crippen LogP contribution in [0.15, 0.2) is 24.5 Å². The number of nitrogens with zero attached hydrogens (tertiary/aromatic N) is 4. The third-order valence-corrected chi connectivity index (χ3v) is 3.86. The molecule has 3 rings (SSSR count). The van der Waals surface area contributed by atoms with Gasteiger partial charge in [-0.15, -0.1) is 0 Å². The first-order valence-corrected chi connectivity index (χ1v) is 7.02. The number of fused-ring (bicyclic) bond motifs is 1. The maximum atomic E-state index is 11.5. The molecule has 0 bridgehead atoms. The van der Waals surface area contributed by atoms with Crippen molar-refractivity contribution < 1.29 is 14.7 Å². The van der Waals surface area contributed by atoms with E-state index in [-0.39, 0.29) is 11.6 Å². The average molecular weight is 300 g/mol. The minimum absolute atomic E-state index is 0.0370. The summed E-state index contributed by atoms with van der Waals surface area (Å²) in [4.78, 5) is 28.6. The Hall–Kier alpha value is -2.70. The maximum Gasteiger partial charge on any atom is 0.356 e. The fourth-order valence-electron chi connectivity index (χ4n) is 2.72. The van der Waals surface area contributed by atoms with Gasteiger partial charge in [-0.3, -0.25) is 14.5 Å². The highest BCUT2D eigenvalue weighted by atomic mass is 16.4. The second-order valence-electron chi connectivity index (χ2n) is 5.28. The number of hydrogen-bond acceptors (Lipinski definition) is 4. The van der Waals surface area contributed by atoms with E-state index in [1.165, 1.54) is 6.92 Å². The van der Waals surface area contributed by atoms with Crippen molar-refractivity contribution in [2.24, 2.45) is 0 Å². The topological polar surface area (TPSA) is 88.3 Å². The van der Waals surface area contributed by atoms with Gasteiger partial charge in [-0.1, -0.05) is 0 Å². The van der Waals surface area contributed by atoms with E-state index in [0.717, 1.165) is 11.3 Å². The van der Waals surface area contributed by atoms with Crippen molar-refractivity contribution in [3.63, 3.8) is 0 Å². The number of hydrogen-bond donors (Lipinski definition) is 1. The largest absolute Gasteiger partial charge is 0.476 e. The number of carbonyl (C=O) groups excluding carboxylic acids is 1. The Balaban J connectivity index is 1.98. The summed E-state index contributed by atoms with van der Waals surface area (Å²) in [6, 6.07) is 3.75. The van der Waals surface area contributed by atoms with Crippen LogP contribution in [0.3, 0.4) is 0 Å². The SMILES string of the molecule is CC(=O)N1CCc2c(c(C(=O)O)nn2Cc2ccncc2)C1. The van der Waals surface area contributed by atoms with E-state index in [1.54, 1.807) is 22.0 Å². The molecule has 114 valence electrons. The van der Waals surface area contributed by atoms with Crippen molar-refractivity contribution in [1.29, 1.82) is 0 Å². The molecule has 3 heterocycles. The molecule has 0 atom stereocenters. The predicted molar refractivity (Wildman–Crippen MR) is 77.3 cm³/mol. The summed E-state index contributed by atoms with van der Waals surface area (Å²) >= 11 is 0. The highest BCUT2D eigenvalue weighted by molar-refractivity contribution is 5.87. The molecule has 0 saturated heterocycles. The molecule has 0 aromatic carbocycles.